The number of rotatable bonds is 5. The number of aromatic amines is 1. The van der Waals surface area contributed by atoms with Gasteiger partial charge in [-0.05, 0) is 23.6 Å². The van der Waals surface area contributed by atoms with Crippen molar-refractivity contribution in [1.82, 2.24) is 10.2 Å². The molecular weight excluding hydrogens is 264 g/mol. The van der Waals surface area contributed by atoms with Crippen LogP contribution in [0.1, 0.15) is 18.1 Å². The topological polar surface area (TPSA) is 101 Å². The van der Waals surface area contributed by atoms with Gasteiger partial charge in [0.25, 0.3) is 10.0 Å². The molecule has 1 aromatic heterocycles. The lowest BCUT2D eigenvalue weighted by Gasteiger charge is -2.11. The zero-order valence-corrected chi connectivity index (χ0v) is 11.4. The summed E-state index contributed by atoms with van der Waals surface area (Å²) in [5.74, 6) is 0. The van der Waals surface area contributed by atoms with Gasteiger partial charge in [0.15, 0.2) is 0 Å². The molecule has 7 heteroatoms. The van der Waals surface area contributed by atoms with Crippen molar-refractivity contribution in [3.63, 3.8) is 0 Å². The Morgan fingerprint density at radius 2 is 2.21 bits per heavy atom. The van der Waals surface area contributed by atoms with Crippen molar-refractivity contribution in [1.29, 1.82) is 0 Å². The monoisotopic (exact) mass is 280 g/mol. The number of anilines is 1. The van der Waals surface area contributed by atoms with Crippen molar-refractivity contribution in [3.8, 4) is 0 Å². The second-order valence-electron chi connectivity index (χ2n) is 4.09. The summed E-state index contributed by atoms with van der Waals surface area (Å²) in [4.78, 5) is 0.263. The van der Waals surface area contributed by atoms with E-state index in [0.717, 1.165) is 11.1 Å². The van der Waals surface area contributed by atoms with E-state index in [1.807, 2.05) is 13.0 Å². The molecule has 0 bridgehead atoms. The average molecular weight is 280 g/mol. The van der Waals surface area contributed by atoms with Gasteiger partial charge in [-0.3, -0.25) is 9.82 Å². The first-order valence-electron chi connectivity index (χ1n) is 5.90. The number of sulfonamides is 1. The van der Waals surface area contributed by atoms with Crippen molar-refractivity contribution < 1.29 is 8.42 Å². The number of nitrogens with one attached hydrogen (secondary N) is 2. The van der Waals surface area contributed by atoms with Crippen LogP contribution in [-0.2, 0) is 23.0 Å². The Hall–Kier alpha value is -1.86. The Bertz CT molecular complexity index is 650. The number of H-pyrrole nitrogens is 1. The zero-order chi connectivity index (χ0) is 13.9. The third-order valence-corrected chi connectivity index (χ3v) is 4.25. The highest BCUT2D eigenvalue weighted by atomic mass is 32.2. The number of aromatic nitrogens is 2. The summed E-state index contributed by atoms with van der Waals surface area (Å²) >= 11 is 0. The standard InChI is InChI=1S/C12H16N4O2S/c1-2-10-4-3-9(6-13)5-12(10)19(17,18)16-11-7-14-15-8-11/h3-5,7-8,16H,2,6,13H2,1H3,(H,14,15). The maximum Gasteiger partial charge on any atom is 0.262 e. The van der Waals surface area contributed by atoms with E-state index >= 15 is 0 Å². The van der Waals surface area contributed by atoms with Gasteiger partial charge < -0.3 is 5.73 Å². The molecule has 102 valence electrons. The third-order valence-electron chi connectivity index (χ3n) is 2.79. The largest absolute Gasteiger partial charge is 0.326 e. The number of benzene rings is 1. The van der Waals surface area contributed by atoms with Crippen LogP contribution in [0.4, 0.5) is 5.69 Å². The van der Waals surface area contributed by atoms with Gasteiger partial charge in [0.05, 0.1) is 16.8 Å². The van der Waals surface area contributed by atoms with E-state index < -0.39 is 10.0 Å². The summed E-state index contributed by atoms with van der Waals surface area (Å²) in [7, 11) is -3.62. The maximum atomic E-state index is 12.4. The van der Waals surface area contributed by atoms with Crippen LogP contribution in [0.25, 0.3) is 0 Å². The Morgan fingerprint density at radius 1 is 1.42 bits per heavy atom. The van der Waals surface area contributed by atoms with Crippen molar-refractivity contribution >= 4 is 15.7 Å². The summed E-state index contributed by atoms with van der Waals surface area (Å²) in [6.45, 7) is 2.21. The molecule has 0 radical (unpaired) electrons. The molecule has 0 aliphatic heterocycles. The van der Waals surface area contributed by atoms with Crippen LogP contribution in [0.2, 0.25) is 0 Å². The van der Waals surface area contributed by atoms with E-state index in [-0.39, 0.29) is 4.90 Å². The summed E-state index contributed by atoms with van der Waals surface area (Å²) < 4.78 is 27.2. The molecule has 0 spiro atoms. The molecule has 0 saturated heterocycles. The number of hydrogen-bond donors (Lipinski definition) is 3. The minimum atomic E-state index is -3.62. The normalized spacial score (nSPS) is 11.5. The highest BCUT2D eigenvalue weighted by Crippen LogP contribution is 2.21. The Labute approximate surface area is 112 Å². The Morgan fingerprint density at radius 3 is 2.79 bits per heavy atom. The molecule has 19 heavy (non-hydrogen) atoms. The summed E-state index contributed by atoms with van der Waals surface area (Å²) in [6.07, 6.45) is 3.53. The van der Waals surface area contributed by atoms with Crippen molar-refractivity contribution in [2.24, 2.45) is 5.73 Å². The average Bonchev–Trinajstić information content (AvgIpc) is 2.90. The number of hydrogen-bond acceptors (Lipinski definition) is 4. The van der Waals surface area contributed by atoms with Crippen molar-refractivity contribution in [2.75, 3.05) is 4.72 Å². The summed E-state index contributed by atoms with van der Waals surface area (Å²) in [6, 6.07) is 5.25. The van der Waals surface area contributed by atoms with Crippen molar-refractivity contribution in [3.05, 3.63) is 41.7 Å². The van der Waals surface area contributed by atoms with Gasteiger partial charge in [0, 0.05) is 12.7 Å². The first kappa shape index (κ1) is 13.6. The van der Waals surface area contributed by atoms with Gasteiger partial charge in [-0.1, -0.05) is 19.1 Å². The van der Waals surface area contributed by atoms with Crippen LogP contribution in [0.5, 0.6) is 0 Å². The van der Waals surface area contributed by atoms with Crippen LogP contribution in [-0.4, -0.2) is 18.6 Å². The lowest BCUT2D eigenvalue weighted by Crippen LogP contribution is -2.15. The van der Waals surface area contributed by atoms with E-state index in [4.69, 9.17) is 5.73 Å². The predicted octanol–water partition coefficient (Wildman–Crippen LogP) is 1.23. The molecule has 0 aliphatic rings. The van der Waals surface area contributed by atoms with Crippen LogP contribution in [0.15, 0.2) is 35.5 Å². The molecule has 6 nitrogen and oxygen atoms in total. The lowest BCUT2D eigenvalue weighted by molar-refractivity contribution is 0.600. The molecule has 0 unspecified atom stereocenters. The number of nitrogens with two attached hydrogens (primary N) is 1. The fraction of sp³-hybridized carbons (Fsp3) is 0.250. The SMILES string of the molecule is CCc1ccc(CN)cc1S(=O)(=O)Nc1cn[nH]c1. The molecule has 1 aromatic carbocycles. The van der Waals surface area contributed by atoms with Crippen molar-refractivity contribution in [2.45, 2.75) is 24.8 Å². The third kappa shape index (κ3) is 2.94. The minimum Gasteiger partial charge on any atom is -0.326 e. The predicted molar refractivity (Wildman–Crippen MR) is 73.1 cm³/mol. The molecule has 0 amide bonds. The quantitative estimate of drug-likeness (QED) is 0.766. The van der Waals surface area contributed by atoms with Gasteiger partial charge in [0.2, 0.25) is 0 Å². The number of nitrogens with zero attached hydrogens (tertiary/aromatic N) is 1. The maximum absolute atomic E-state index is 12.4. The first-order valence-corrected chi connectivity index (χ1v) is 7.38. The van der Waals surface area contributed by atoms with Crippen LogP contribution in [0.3, 0.4) is 0 Å². The van der Waals surface area contributed by atoms with Gasteiger partial charge in [-0.25, -0.2) is 8.42 Å². The fourth-order valence-electron chi connectivity index (χ4n) is 1.79. The first-order chi connectivity index (χ1) is 9.06. The molecule has 0 saturated carbocycles. The van der Waals surface area contributed by atoms with E-state index in [9.17, 15) is 8.42 Å². The molecule has 0 atom stereocenters. The molecule has 0 aliphatic carbocycles. The zero-order valence-electron chi connectivity index (χ0n) is 10.6. The Balaban J connectivity index is 2.43. The fourth-order valence-corrected chi connectivity index (χ4v) is 3.18. The molecule has 1 heterocycles. The lowest BCUT2D eigenvalue weighted by atomic mass is 10.1. The second kappa shape index (κ2) is 5.41. The van der Waals surface area contributed by atoms with Crippen LogP contribution >= 0.6 is 0 Å². The van der Waals surface area contributed by atoms with E-state index in [1.165, 1.54) is 12.4 Å². The number of aryl methyl sites for hydroxylation is 1. The Kier molecular flexibility index (Phi) is 3.87. The molecule has 2 aromatic rings. The van der Waals surface area contributed by atoms with Gasteiger partial charge in [0.1, 0.15) is 0 Å². The van der Waals surface area contributed by atoms with Gasteiger partial charge in [-0.15, -0.1) is 0 Å². The molecule has 2 rings (SSSR count). The van der Waals surface area contributed by atoms with Crippen LogP contribution in [0, 0.1) is 0 Å². The highest BCUT2D eigenvalue weighted by Gasteiger charge is 2.18. The van der Waals surface area contributed by atoms with E-state index in [0.29, 0.717) is 18.7 Å². The smallest absolute Gasteiger partial charge is 0.262 e. The van der Waals surface area contributed by atoms with E-state index in [1.54, 1.807) is 12.1 Å². The summed E-state index contributed by atoms with van der Waals surface area (Å²) in [5.41, 5.74) is 7.50. The summed E-state index contributed by atoms with van der Waals surface area (Å²) in [5, 5.41) is 6.26. The second-order valence-corrected chi connectivity index (χ2v) is 5.74. The molecule has 0 fully saturated rings. The highest BCUT2D eigenvalue weighted by molar-refractivity contribution is 7.92. The molecular formula is C12H16N4O2S. The van der Waals surface area contributed by atoms with Crippen LogP contribution < -0.4 is 10.5 Å². The van der Waals surface area contributed by atoms with Gasteiger partial charge in [-0.2, -0.15) is 5.10 Å². The van der Waals surface area contributed by atoms with Gasteiger partial charge >= 0.3 is 0 Å². The van der Waals surface area contributed by atoms with E-state index in [2.05, 4.69) is 14.9 Å². The minimum absolute atomic E-state index is 0.263. The molecule has 4 N–H and O–H groups in total.